The number of nitrogens with one attached hydrogen (secondary N) is 1. The maximum absolute atomic E-state index is 4.58. The van der Waals surface area contributed by atoms with Gasteiger partial charge in [0.1, 0.15) is 5.82 Å². The second-order valence-electron chi connectivity index (χ2n) is 5.29. The number of pyridine rings is 1. The lowest BCUT2D eigenvalue weighted by Gasteiger charge is -2.24. The van der Waals surface area contributed by atoms with Gasteiger partial charge in [0.2, 0.25) is 0 Å². The minimum Gasteiger partial charge on any atom is -0.326 e. The highest BCUT2D eigenvalue weighted by molar-refractivity contribution is 5.64. The van der Waals surface area contributed by atoms with Crippen molar-refractivity contribution in [3.8, 4) is 0 Å². The molecule has 0 aliphatic carbocycles. The average molecular weight is 267 g/mol. The van der Waals surface area contributed by atoms with Crippen molar-refractivity contribution in [2.24, 2.45) is 0 Å². The molecule has 1 aliphatic rings. The number of aryl methyl sites for hydroxylation is 1. The van der Waals surface area contributed by atoms with Gasteiger partial charge in [-0.15, -0.1) is 0 Å². The molecule has 3 nitrogen and oxygen atoms in total. The van der Waals surface area contributed by atoms with E-state index >= 15 is 0 Å². The Morgan fingerprint density at radius 2 is 2.10 bits per heavy atom. The van der Waals surface area contributed by atoms with Crippen LogP contribution in [0.5, 0.6) is 0 Å². The summed E-state index contributed by atoms with van der Waals surface area (Å²) in [6, 6.07) is 13.0. The van der Waals surface area contributed by atoms with Gasteiger partial charge in [-0.2, -0.15) is 0 Å². The Morgan fingerprint density at radius 1 is 1.20 bits per heavy atom. The van der Waals surface area contributed by atoms with Crippen LogP contribution in [0.3, 0.4) is 0 Å². The van der Waals surface area contributed by atoms with Crippen LogP contribution in [0.2, 0.25) is 0 Å². The molecule has 0 saturated carbocycles. The van der Waals surface area contributed by atoms with Gasteiger partial charge in [-0.05, 0) is 55.6 Å². The molecule has 0 fully saturated rings. The number of hydrogen-bond donors (Lipinski definition) is 1. The van der Waals surface area contributed by atoms with Crippen LogP contribution in [0.1, 0.15) is 24.0 Å². The van der Waals surface area contributed by atoms with Crippen LogP contribution in [0, 0.1) is 0 Å². The summed E-state index contributed by atoms with van der Waals surface area (Å²) in [7, 11) is 1.97. The molecule has 0 saturated heterocycles. The van der Waals surface area contributed by atoms with Gasteiger partial charge in [-0.3, -0.25) is 0 Å². The molecule has 0 radical (unpaired) electrons. The van der Waals surface area contributed by atoms with Gasteiger partial charge in [0.25, 0.3) is 0 Å². The Balaban J connectivity index is 1.98. The van der Waals surface area contributed by atoms with Crippen LogP contribution in [0.4, 0.5) is 11.5 Å². The summed E-state index contributed by atoms with van der Waals surface area (Å²) in [5.74, 6) is 1.06. The minimum atomic E-state index is 0.880. The first kappa shape index (κ1) is 13.1. The lowest BCUT2D eigenvalue weighted by atomic mass is 10.1. The van der Waals surface area contributed by atoms with E-state index in [1.54, 1.807) is 0 Å². The van der Waals surface area contributed by atoms with Gasteiger partial charge in [-0.1, -0.05) is 18.2 Å². The van der Waals surface area contributed by atoms with E-state index in [1.807, 2.05) is 13.2 Å². The molecule has 0 unspecified atom stereocenters. The smallest absolute Gasteiger partial charge is 0.133 e. The van der Waals surface area contributed by atoms with Gasteiger partial charge in [-0.25, -0.2) is 4.98 Å². The number of fused-ring (bicyclic) bond motifs is 1. The number of para-hydroxylation sites is 1. The molecule has 0 spiro atoms. The number of rotatable bonds is 3. The highest BCUT2D eigenvalue weighted by Gasteiger charge is 2.17. The SMILES string of the molecule is CNCc1ccnc(N2CCCCc3ccccc32)c1. The summed E-state index contributed by atoms with van der Waals surface area (Å²) < 4.78 is 0. The predicted octanol–water partition coefficient (Wildman–Crippen LogP) is 3.28. The van der Waals surface area contributed by atoms with Crippen LogP contribution < -0.4 is 10.2 Å². The minimum absolute atomic E-state index is 0.880. The highest BCUT2D eigenvalue weighted by Crippen LogP contribution is 2.31. The molecule has 2 aromatic rings. The summed E-state index contributed by atoms with van der Waals surface area (Å²) in [4.78, 5) is 6.95. The largest absolute Gasteiger partial charge is 0.326 e. The predicted molar refractivity (Wildman–Crippen MR) is 83.4 cm³/mol. The molecule has 1 N–H and O–H groups in total. The maximum atomic E-state index is 4.58. The second kappa shape index (κ2) is 6.06. The molecule has 0 bridgehead atoms. The molecule has 1 aromatic carbocycles. The van der Waals surface area contributed by atoms with Crippen molar-refractivity contribution in [1.82, 2.24) is 10.3 Å². The van der Waals surface area contributed by atoms with Gasteiger partial charge >= 0.3 is 0 Å². The third kappa shape index (κ3) is 2.68. The van der Waals surface area contributed by atoms with E-state index in [9.17, 15) is 0 Å². The van der Waals surface area contributed by atoms with Crippen molar-refractivity contribution < 1.29 is 0 Å². The Bertz CT molecular complexity index is 580. The third-order valence-corrected chi connectivity index (χ3v) is 3.83. The molecule has 3 heteroatoms. The number of benzene rings is 1. The van der Waals surface area contributed by atoms with Gasteiger partial charge in [0.15, 0.2) is 0 Å². The Hall–Kier alpha value is -1.87. The quantitative estimate of drug-likeness (QED) is 0.925. The topological polar surface area (TPSA) is 28.2 Å². The van der Waals surface area contributed by atoms with Gasteiger partial charge < -0.3 is 10.2 Å². The summed E-state index contributed by atoms with van der Waals surface area (Å²) in [5.41, 5.74) is 4.03. The summed E-state index contributed by atoms with van der Waals surface area (Å²) in [6.45, 7) is 1.93. The van der Waals surface area contributed by atoms with Crippen LogP contribution in [0.15, 0.2) is 42.6 Å². The zero-order valence-corrected chi connectivity index (χ0v) is 12.0. The van der Waals surface area contributed by atoms with Crippen LogP contribution in [0.25, 0.3) is 0 Å². The molecule has 0 atom stereocenters. The maximum Gasteiger partial charge on any atom is 0.133 e. The molecule has 0 amide bonds. The first-order valence-corrected chi connectivity index (χ1v) is 7.33. The zero-order valence-electron chi connectivity index (χ0n) is 12.0. The Labute approximate surface area is 120 Å². The van der Waals surface area contributed by atoms with E-state index in [2.05, 4.69) is 51.6 Å². The molecular formula is C17H21N3. The van der Waals surface area contributed by atoms with E-state index in [0.29, 0.717) is 0 Å². The van der Waals surface area contributed by atoms with E-state index in [0.717, 1.165) is 18.9 Å². The number of nitrogens with zero attached hydrogens (tertiary/aromatic N) is 2. The molecule has 1 aromatic heterocycles. The number of anilines is 2. The monoisotopic (exact) mass is 267 g/mol. The van der Waals surface area contributed by atoms with Crippen molar-refractivity contribution in [2.75, 3.05) is 18.5 Å². The fraction of sp³-hybridized carbons (Fsp3) is 0.353. The van der Waals surface area contributed by atoms with Crippen molar-refractivity contribution in [1.29, 1.82) is 0 Å². The fourth-order valence-corrected chi connectivity index (χ4v) is 2.85. The molecular weight excluding hydrogens is 246 g/mol. The van der Waals surface area contributed by atoms with E-state index in [-0.39, 0.29) is 0 Å². The number of aromatic nitrogens is 1. The van der Waals surface area contributed by atoms with Gasteiger partial charge in [0.05, 0.1) is 0 Å². The second-order valence-corrected chi connectivity index (χ2v) is 5.29. The molecule has 20 heavy (non-hydrogen) atoms. The average Bonchev–Trinajstić information content (AvgIpc) is 2.70. The molecule has 3 rings (SSSR count). The van der Waals surface area contributed by atoms with Crippen molar-refractivity contribution in [2.45, 2.75) is 25.8 Å². The summed E-state index contributed by atoms with van der Waals surface area (Å²) >= 11 is 0. The van der Waals surface area contributed by atoms with Crippen molar-refractivity contribution in [3.63, 3.8) is 0 Å². The number of hydrogen-bond acceptors (Lipinski definition) is 3. The van der Waals surface area contributed by atoms with Crippen molar-refractivity contribution >= 4 is 11.5 Å². The summed E-state index contributed by atoms with van der Waals surface area (Å²) in [6.07, 6.45) is 5.55. The third-order valence-electron chi connectivity index (χ3n) is 3.83. The highest BCUT2D eigenvalue weighted by atomic mass is 15.2. The lowest BCUT2D eigenvalue weighted by Crippen LogP contribution is -2.19. The van der Waals surface area contributed by atoms with E-state index in [4.69, 9.17) is 0 Å². The standard InChI is InChI=1S/C17H21N3/c1-18-13-14-9-10-19-17(12-14)20-11-5-4-7-15-6-2-3-8-16(15)20/h2-3,6,8-10,12,18H,4-5,7,11,13H2,1H3. The first-order valence-electron chi connectivity index (χ1n) is 7.33. The first-order chi connectivity index (χ1) is 9.88. The molecule has 104 valence electrons. The summed E-state index contributed by atoms with van der Waals surface area (Å²) in [5, 5.41) is 3.20. The van der Waals surface area contributed by atoms with Gasteiger partial charge in [0, 0.05) is 25.0 Å². The molecule has 2 heterocycles. The normalized spacial score (nSPS) is 14.8. The zero-order chi connectivity index (χ0) is 13.8. The van der Waals surface area contributed by atoms with E-state index < -0.39 is 0 Å². The Kier molecular flexibility index (Phi) is 3.97. The van der Waals surface area contributed by atoms with Crippen molar-refractivity contribution in [3.05, 3.63) is 53.7 Å². The lowest BCUT2D eigenvalue weighted by molar-refractivity contribution is 0.756. The van der Waals surface area contributed by atoms with E-state index in [1.165, 1.54) is 36.1 Å². The fourth-order valence-electron chi connectivity index (χ4n) is 2.85. The van der Waals surface area contributed by atoms with Crippen LogP contribution in [-0.4, -0.2) is 18.6 Å². The Morgan fingerprint density at radius 3 is 3.00 bits per heavy atom. The molecule has 1 aliphatic heterocycles. The van der Waals surface area contributed by atoms with Crippen LogP contribution in [-0.2, 0) is 13.0 Å². The van der Waals surface area contributed by atoms with Crippen LogP contribution >= 0.6 is 0 Å².